The first-order valence-corrected chi connectivity index (χ1v) is 9.71. The van der Waals surface area contributed by atoms with Crippen LogP contribution in [0, 0.1) is 23.0 Å². The number of aromatic nitrogens is 1. The monoisotopic (exact) mass is 391 g/mol. The molecule has 0 saturated carbocycles. The highest BCUT2D eigenvalue weighted by molar-refractivity contribution is 7.15. The van der Waals surface area contributed by atoms with Gasteiger partial charge < -0.3 is 10.2 Å². The second-order valence-electron chi connectivity index (χ2n) is 6.88. The lowest BCUT2D eigenvalue weighted by Crippen LogP contribution is -2.18. The van der Waals surface area contributed by atoms with E-state index < -0.39 is 5.09 Å². The van der Waals surface area contributed by atoms with E-state index in [1.165, 1.54) is 16.9 Å². The molecule has 1 aromatic heterocycles. The number of carbonyl (C=O) groups is 1. The topological polar surface area (TPSA) is 94.4 Å². The van der Waals surface area contributed by atoms with Crippen LogP contribution in [0.3, 0.4) is 0 Å². The molecule has 0 aliphatic heterocycles. The van der Waals surface area contributed by atoms with Crippen LogP contribution in [0.15, 0.2) is 24.3 Å². The van der Waals surface area contributed by atoms with E-state index in [9.17, 15) is 14.9 Å². The first kappa shape index (κ1) is 20.8. The van der Waals surface area contributed by atoms with Gasteiger partial charge in [0.15, 0.2) is 5.13 Å². The molecular weight excluding hydrogens is 366 g/mol. The van der Waals surface area contributed by atoms with Crippen LogP contribution in [0.4, 0.5) is 5.13 Å². The molecule has 0 spiro atoms. The summed E-state index contributed by atoms with van der Waals surface area (Å²) >= 11 is 1.32. The maximum atomic E-state index is 12.5. The highest BCUT2D eigenvalue weighted by Crippen LogP contribution is 2.25. The van der Waals surface area contributed by atoms with Crippen molar-refractivity contribution < 1.29 is 14.7 Å². The van der Waals surface area contributed by atoms with Crippen LogP contribution in [0.1, 0.15) is 48.4 Å². The number of nitrogens with zero attached hydrogens (tertiary/aromatic N) is 2. The van der Waals surface area contributed by atoms with Crippen molar-refractivity contribution in [1.82, 2.24) is 4.98 Å². The molecule has 8 heteroatoms. The summed E-state index contributed by atoms with van der Waals surface area (Å²) in [7, 11) is 0. The van der Waals surface area contributed by atoms with Crippen molar-refractivity contribution >= 4 is 22.4 Å². The third-order valence-corrected chi connectivity index (χ3v) is 5.30. The maximum Gasteiger partial charge on any atom is 0.294 e. The Hall–Kier alpha value is -2.48. The second kappa shape index (κ2) is 9.45. The Labute approximate surface area is 162 Å². The molecule has 146 valence electrons. The molecule has 1 atom stereocenters. The smallest absolute Gasteiger partial charge is 0.294 e. The fraction of sp³-hybridized carbons (Fsp3) is 0.474. The minimum Gasteiger partial charge on any atom is -0.314 e. The molecule has 1 aromatic carbocycles. The Morgan fingerprint density at radius 3 is 2.56 bits per heavy atom. The second-order valence-corrected chi connectivity index (χ2v) is 7.97. The summed E-state index contributed by atoms with van der Waals surface area (Å²) < 4.78 is 0. The van der Waals surface area contributed by atoms with Gasteiger partial charge >= 0.3 is 0 Å². The molecule has 0 fully saturated rings. The van der Waals surface area contributed by atoms with Gasteiger partial charge in [-0.3, -0.25) is 4.79 Å². The number of carbonyl (C=O) groups excluding carboxylic acids is 1. The van der Waals surface area contributed by atoms with E-state index in [0.717, 1.165) is 22.6 Å². The van der Waals surface area contributed by atoms with Crippen LogP contribution in [-0.2, 0) is 22.5 Å². The van der Waals surface area contributed by atoms with E-state index >= 15 is 0 Å². The van der Waals surface area contributed by atoms with E-state index in [1.807, 2.05) is 26.0 Å². The quantitative estimate of drug-likeness (QED) is 0.512. The molecule has 2 rings (SSSR count). The number of benzene rings is 1. The minimum atomic E-state index is -0.812. The average Bonchev–Trinajstić information content (AvgIpc) is 2.93. The minimum absolute atomic E-state index is 0.0252. The largest absolute Gasteiger partial charge is 0.314 e. The Balaban J connectivity index is 1.96. The molecule has 1 unspecified atom stereocenters. The summed E-state index contributed by atoms with van der Waals surface area (Å²) in [6, 6.07) is 8.13. The number of hydrogen-bond donors (Lipinski definition) is 1. The Kier molecular flexibility index (Phi) is 7.29. The van der Waals surface area contributed by atoms with Crippen molar-refractivity contribution in [3.05, 3.63) is 56.1 Å². The lowest BCUT2D eigenvalue weighted by atomic mass is 9.96. The van der Waals surface area contributed by atoms with E-state index in [2.05, 4.69) is 41.1 Å². The summed E-state index contributed by atoms with van der Waals surface area (Å²) in [5.41, 5.74) is 2.96. The van der Waals surface area contributed by atoms with Crippen molar-refractivity contribution in [3.63, 3.8) is 0 Å². The van der Waals surface area contributed by atoms with Crippen LogP contribution in [-0.4, -0.2) is 22.6 Å². The summed E-state index contributed by atoms with van der Waals surface area (Å²) in [5, 5.41) is 12.7. The third kappa shape index (κ3) is 6.32. The maximum absolute atomic E-state index is 12.5. The number of hydrogen-bond acceptors (Lipinski definition) is 6. The Morgan fingerprint density at radius 2 is 1.96 bits per heavy atom. The van der Waals surface area contributed by atoms with Gasteiger partial charge in [-0.25, -0.2) is 4.98 Å². The molecule has 0 aliphatic carbocycles. The number of nitrogens with one attached hydrogen (secondary N) is 1. The van der Waals surface area contributed by atoms with Crippen LogP contribution in [0.2, 0.25) is 0 Å². The SMILES string of the molecule is Cc1nc(NC(=O)C(C)c2ccc(CC(C)C)cc2)sc1CCO[N+](=O)[O-]. The van der Waals surface area contributed by atoms with Crippen molar-refractivity contribution in [2.24, 2.45) is 5.92 Å². The molecule has 2 aromatic rings. The molecule has 1 heterocycles. The van der Waals surface area contributed by atoms with E-state index in [-0.39, 0.29) is 18.4 Å². The summed E-state index contributed by atoms with van der Waals surface area (Å²) in [6.07, 6.45) is 1.40. The zero-order valence-electron chi connectivity index (χ0n) is 16.0. The fourth-order valence-electron chi connectivity index (χ4n) is 2.71. The van der Waals surface area contributed by atoms with Gasteiger partial charge in [-0.2, -0.15) is 0 Å². The van der Waals surface area contributed by atoms with Gasteiger partial charge in [0.25, 0.3) is 5.09 Å². The molecular formula is C19H25N3O4S. The summed E-state index contributed by atoms with van der Waals surface area (Å²) in [4.78, 5) is 32.3. The first-order chi connectivity index (χ1) is 12.8. The standard InChI is InChI=1S/C19H25N3O4S/c1-12(2)11-15-5-7-16(8-6-15)13(3)18(23)21-19-20-14(4)17(27-19)9-10-26-22(24)25/h5-8,12-13H,9-11H2,1-4H3,(H,20,21,23). The third-order valence-electron chi connectivity index (χ3n) is 4.17. The molecule has 1 amide bonds. The van der Waals surface area contributed by atoms with Gasteiger partial charge in [0.1, 0.15) is 6.61 Å². The molecule has 7 nitrogen and oxygen atoms in total. The highest BCUT2D eigenvalue weighted by atomic mass is 32.1. The van der Waals surface area contributed by atoms with E-state index in [0.29, 0.717) is 17.5 Å². The predicted octanol–water partition coefficient (Wildman–Crippen LogP) is 4.14. The highest BCUT2D eigenvalue weighted by Gasteiger charge is 2.18. The molecule has 0 bridgehead atoms. The molecule has 0 saturated heterocycles. The average molecular weight is 391 g/mol. The van der Waals surface area contributed by atoms with Crippen molar-refractivity contribution in [2.75, 3.05) is 11.9 Å². The fourth-order valence-corrected chi connectivity index (χ4v) is 3.65. The zero-order chi connectivity index (χ0) is 20.0. The van der Waals surface area contributed by atoms with Gasteiger partial charge in [0.2, 0.25) is 5.91 Å². The molecule has 1 N–H and O–H groups in total. The lowest BCUT2D eigenvalue weighted by Gasteiger charge is -2.12. The van der Waals surface area contributed by atoms with E-state index in [1.54, 1.807) is 0 Å². The number of anilines is 1. The number of aryl methyl sites for hydroxylation is 1. The van der Waals surface area contributed by atoms with Gasteiger partial charge in [-0.15, -0.1) is 21.5 Å². The van der Waals surface area contributed by atoms with Crippen LogP contribution in [0.5, 0.6) is 0 Å². The number of thiazole rings is 1. The lowest BCUT2D eigenvalue weighted by molar-refractivity contribution is -0.757. The Bertz CT molecular complexity index is 787. The van der Waals surface area contributed by atoms with Gasteiger partial charge in [-0.1, -0.05) is 38.1 Å². The summed E-state index contributed by atoms with van der Waals surface area (Å²) in [5.74, 6) is 0.159. The van der Waals surface area contributed by atoms with Crippen molar-refractivity contribution in [3.8, 4) is 0 Å². The van der Waals surface area contributed by atoms with Gasteiger partial charge in [-0.05, 0) is 37.3 Å². The van der Waals surface area contributed by atoms with Gasteiger partial charge in [0.05, 0.1) is 11.6 Å². The predicted molar refractivity (Wildman–Crippen MR) is 106 cm³/mol. The van der Waals surface area contributed by atoms with Crippen LogP contribution >= 0.6 is 11.3 Å². The normalized spacial score (nSPS) is 12.0. The molecule has 27 heavy (non-hydrogen) atoms. The first-order valence-electron chi connectivity index (χ1n) is 8.89. The van der Waals surface area contributed by atoms with Crippen molar-refractivity contribution in [2.45, 2.75) is 46.5 Å². The molecule has 0 aliphatic rings. The van der Waals surface area contributed by atoms with E-state index in [4.69, 9.17) is 0 Å². The van der Waals surface area contributed by atoms with Gasteiger partial charge in [0, 0.05) is 11.3 Å². The zero-order valence-corrected chi connectivity index (χ0v) is 16.8. The van der Waals surface area contributed by atoms with Crippen molar-refractivity contribution in [1.29, 1.82) is 0 Å². The molecule has 0 radical (unpaired) electrons. The Morgan fingerprint density at radius 1 is 1.30 bits per heavy atom. The number of rotatable bonds is 9. The van der Waals surface area contributed by atoms with Crippen LogP contribution in [0.25, 0.3) is 0 Å². The number of amides is 1. The summed E-state index contributed by atoms with van der Waals surface area (Å²) in [6.45, 7) is 8.00. The van der Waals surface area contributed by atoms with Crippen LogP contribution < -0.4 is 5.32 Å².